The number of carbonyl (C=O) groups is 3. The van der Waals surface area contributed by atoms with E-state index in [-0.39, 0.29) is 23.8 Å². The second kappa shape index (κ2) is 12.9. The number of halogens is 1. The minimum Gasteiger partial charge on any atom is -0.345 e. The van der Waals surface area contributed by atoms with Crippen molar-refractivity contribution in [3.8, 4) is 0 Å². The average molecular weight is 554 g/mol. The zero-order valence-corrected chi connectivity index (χ0v) is 24.3. The Balaban J connectivity index is 1.42. The predicted molar refractivity (Wildman–Crippen MR) is 154 cm³/mol. The van der Waals surface area contributed by atoms with Crippen LogP contribution in [0.2, 0.25) is 5.02 Å². The quantitative estimate of drug-likeness (QED) is 0.487. The molecule has 2 saturated heterocycles. The minimum absolute atomic E-state index is 0.0358. The molecule has 3 amide bonds. The predicted octanol–water partition coefficient (Wildman–Crippen LogP) is 4.68. The topological polar surface area (TPSA) is 85.8 Å². The van der Waals surface area contributed by atoms with Gasteiger partial charge in [-0.15, -0.1) is 0 Å². The molecular weight excluding hydrogens is 514 g/mol. The van der Waals surface area contributed by atoms with Crippen molar-refractivity contribution < 1.29 is 14.4 Å². The second-order valence-corrected chi connectivity index (χ2v) is 11.4. The molecule has 1 N–H and O–H groups in total. The molecule has 2 aliphatic rings. The van der Waals surface area contributed by atoms with Crippen LogP contribution in [0.15, 0.2) is 30.3 Å². The van der Waals surface area contributed by atoms with Crippen LogP contribution in [0.5, 0.6) is 0 Å². The first-order valence-electron chi connectivity index (χ1n) is 14.0. The van der Waals surface area contributed by atoms with Crippen LogP contribution in [0.3, 0.4) is 0 Å². The van der Waals surface area contributed by atoms with Gasteiger partial charge < -0.3 is 15.1 Å². The number of amides is 3. The third-order valence-electron chi connectivity index (χ3n) is 7.71. The van der Waals surface area contributed by atoms with Crippen LogP contribution in [-0.2, 0) is 22.6 Å². The number of likely N-dealkylation sites (tertiary alicyclic amines) is 2. The van der Waals surface area contributed by atoms with E-state index in [9.17, 15) is 14.4 Å². The molecule has 0 aliphatic carbocycles. The van der Waals surface area contributed by atoms with Gasteiger partial charge in [-0.25, -0.2) is 4.98 Å². The molecule has 4 rings (SSSR count). The Morgan fingerprint density at radius 1 is 1.13 bits per heavy atom. The average Bonchev–Trinajstić information content (AvgIpc) is 3.30. The smallest absolute Gasteiger partial charge is 0.253 e. The lowest BCUT2D eigenvalue weighted by atomic mass is 10.0. The Bertz CT molecular complexity index is 1210. The summed E-state index contributed by atoms with van der Waals surface area (Å²) >= 11 is 6.18. The van der Waals surface area contributed by atoms with E-state index in [4.69, 9.17) is 11.6 Å². The third-order valence-corrected chi connectivity index (χ3v) is 8.13. The van der Waals surface area contributed by atoms with Crippen molar-refractivity contribution in [2.45, 2.75) is 77.4 Å². The van der Waals surface area contributed by atoms with Gasteiger partial charge in [-0.3, -0.25) is 19.3 Å². The molecule has 3 heterocycles. The first-order chi connectivity index (χ1) is 18.7. The molecule has 9 heteroatoms. The molecule has 0 saturated carbocycles. The number of hydrogen-bond acceptors (Lipinski definition) is 5. The minimum atomic E-state index is -0.526. The number of nitrogens with one attached hydrogen (secondary N) is 1. The number of nitrogens with zero attached hydrogens (tertiary/aromatic N) is 4. The molecule has 1 aromatic carbocycles. The summed E-state index contributed by atoms with van der Waals surface area (Å²) in [5.41, 5.74) is 3.58. The maximum absolute atomic E-state index is 13.5. The Morgan fingerprint density at radius 3 is 2.54 bits per heavy atom. The number of benzene rings is 1. The summed E-state index contributed by atoms with van der Waals surface area (Å²) in [6.45, 7) is 6.69. The maximum Gasteiger partial charge on any atom is 0.253 e. The molecule has 1 aromatic heterocycles. The van der Waals surface area contributed by atoms with Crippen LogP contribution in [-0.4, -0.2) is 76.7 Å². The van der Waals surface area contributed by atoms with Crippen LogP contribution in [0.4, 0.5) is 5.82 Å². The van der Waals surface area contributed by atoms with Crippen LogP contribution in [0.25, 0.3) is 0 Å². The van der Waals surface area contributed by atoms with E-state index >= 15 is 0 Å². The fourth-order valence-corrected chi connectivity index (χ4v) is 5.68. The van der Waals surface area contributed by atoms with Crippen molar-refractivity contribution in [1.29, 1.82) is 0 Å². The highest BCUT2D eigenvalue weighted by Crippen LogP contribution is 2.29. The third kappa shape index (κ3) is 7.17. The number of aromatic nitrogens is 1. The zero-order chi connectivity index (χ0) is 28.1. The summed E-state index contributed by atoms with van der Waals surface area (Å²) in [4.78, 5) is 49.4. The molecule has 8 nitrogen and oxygen atoms in total. The number of unbranched alkanes of at least 4 members (excludes halogenated alkanes) is 1. The summed E-state index contributed by atoms with van der Waals surface area (Å²) < 4.78 is 0. The maximum atomic E-state index is 13.5. The Morgan fingerprint density at radius 2 is 1.87 bits per heavy atom. The van der Waals surface area contributed by atoms with E-state index in [0.29, 0.717) is 24.2 Å². The van der Waals surface area contributed by atoms with Gasteiger partial charge in [0, 0.05) is 62.5 Å². The molecule has 2 fully saturated rings. The molecular formula is C30H40ClN5O3. The van der Waals surface area contributed by atoms with Crippen LogP contribution in [0, 0.1) is 6.92 Å². The normalized spacial score (nSPS) is 18.4. The fraction of sp³-hybridized carbons (Fsp3) is 0.533. The van der Waals surface area contributed by atoms with E-state index < -0.39 is 6.04 Å². The molecule has 0 spiro atoms. The van der Waals surface area contributed by atoms with E-state index in [0.717, 1.165) is 68.0 Å². The molecule has 210 valence electrons. The van der Waals surface area contributed by atoms with Crippen molar-refractivity contribution in [2.75, 3.05) is 32.5 Å². The molecule has 2 aliphatic heterocycles. The van der Waals surface area contributed by atoms with Crippen molar-refractivity contribution in [1.82, 2.24) is 19.7 Å². The summed E-state index contributed by atoms with van der Waals surface area (Å²) in [5.74, 6) is 0.0355. The highest BCUT2D eigenvalue weighted by molar-refractivity contribution is 6.31. The molecule has 39 heavy (non-hydrogen) atoms. The molecule has 0 bridgehead atoms. The van der Waals surface area contributed by atoms with Gasteiger partial charge in [0.1, 0.15) is 11.9 Å². The Hall–Kier alpha value is -2.97. The van der Waals surface area contributed by atoms with Crippen LogP contribution >= 0.6 is 11.6 Å². The van der Waals surface area contributed by atoms with E-state index in [2.05, 4.69) is 34.3 Å². The van der Waals surface area contributed by atoms with Gasteiger partial charge >= 0.3 is 0 Å². The monoisotopic (exact) mass is 553 g/mol. The van der Waals surface area contributed by atoms with E-state index in [1.165, 1.54) is 10.5 Å². The summed E-state index contributed by atoms with van der Waals surface area (Å²) in [7, 11) is 3.41. The zero-order valence-electron chi connectivity index (χ0n) is 23.5. The van der Waals surface area contributed by atoms with Crippen molar-refractivity contribution >= 4 is 35.1 Å². The van der Waals surface area contributed by atoms with Crippen molar-refractivity contribution in [3.05, 3.63) is 57.7 Å². The largest absolute Gasteiger partial charge is 0.345 e. The first-order valence-corrected chi connectivity index (χ1v) is 14.4. The van der Waals surface area contributed by atoms with Gasteiger partial charge in [-0.2, -0.15) is 0 Å². The summed E-state index contributed by atoms with van der Waals surface area (Å²) in [5, 5.41) is 3.72. The van der Waals surface area contributed by atoms with Crippen molar-refractivity contribution in [3.63, 3.8) is 0 Å². The summed E-state index contributed by atoms with van der Waals surface area (Å²) in [6, 6.07) is 9.08. The van der Waals surface area contributed by atoms with Gasteiger partial charge in [0.15, 0.2) is 0 Å². The molecule has 0 radical (unpaired) electrons. The van der Waals surface area contributed by atoms with Gasteiger partial charge in [0.25, 0.3) is 5.91 Å². The lowest BCUT2D eigenvalue weighted by Gasteiger charge is -2.39. The number of pyridine rings is 1. The number of piperidine rings is 1. The Labute approximate surface area is 236 Å². The molecule has 1 unspecified atom stereocenters. The number of aryl methyl sites for hydroxylation is 2. The van der Waals surface area contributed by atoms with E-state index in [1.807, 2.05) is 17.9 Å². The van der Waals surface area contributed by atoms with Gasteiger partial charge in [-0.1, -0.05) is 37.1 Å². The highest BCUT2D eigenvalue weighted by Gasteiger charge is 2.41. The number of anilines is 1. The van der Waals surface area contributed by atoms with Gasteiger partial charge in [0.05, 0.1) is 0 Å². The lowest BCUT2D eigenvalue weighted by Crippen LogP contribution is -2.51. The number of rotatable bonds is 9. The second-order valence-electron chi connectivity index (χ2n) is 11.0. The standard InChI is InChI=1S/C30H40ClN5O3/c1-5-6-7-23-17-22(30(39)34(3)4)18-27(32-23)33-29(38)26-10-11-28(37)36(26)24-12-14-35(15-13-24)19-21-8-9-25(31)20(2)16-21/h8-9,16-18,24,26H,5-7,10-15,19H2,1-4H3,(H,32,33,38). The van der Waals surface area contributed by atoms with Crippen LogP contribution < -0.4 is 5.32 Å². The van der Waals surface area contributed by atoms with Crippen molar-refractivity contribution in [2.24, 2.45) is 0 Å². The fourth-order valence-electron chi connectivity index (χ4n) is 5.57. The number of hydrogen-bond donors (Lipinski definition) is 1. The van der Waals surface area contributed by atoms with Crippen LogP contribution in [0.1, 0.15) is 72.6 Å². The summed E-state index contributed by atoms with van der Waals surface area (Å²) in [6.07, 6.45) is 5.21. The number of carbonyl (C=O) groups excluding carboxylic acids is 3. The van der Waals surface area contributed by atoms with Gasteiger partial charge in [0.2, 0.25) is 11.8 Å². The highest BCUT2D eigenvalue weighted by atomic mass is 35.5. The molecule has 1 atom stereocenters. The Kier molecular flexibility index (Phi) is 9.62. The first kappa shape index (κ1) is 29.0. The van der Waals surface area contributed by atoms with E-state index in [1.54, 1.807) is 26.2 Å². The lowest BCUT2D eigenvalue weighted by molar-refractivity contribution is -0.136. The molecule has 2 aromatic rings. The SMILES string of the molecule is CCCCc1cc(C(=O)N(C)C)cc(NC(=O)C2CCC(=O)N2C2CCN(Cc3ccc(Cl)c(C)c3)CC2)n1. The van der Waals surface area contributed by atoms with Gasteiger partial charge in [-0.05, 0) is 68.4 Å².